The maximum atomic E-state index is 13.1. The Kier molecular flexibility index (Phi) is 7.45. The van der Waals surface area contributed by atoms with Crippen molar-refractivity contribution in [2.75, 3.05) is 7.11 Å². The predicted octanol–water partition coefficient (Wildman–Crippen LogP) is 5.71. The average Bonchev–Trinajstić information content (AvgIpc) is 3.25. The van der Waals surface area contributed by atoms with Crippen LogP contribution in [0.2, 0.25) is 0 Å². The van der Waals surface area contributed by atoms with Gasteiger partial charge in [-0.1, -0.05) is 72.8 Å². The lowest BCUT2D eigenvalue weighted by Crippen LogP contribution is -2.38. The molecule has 2 aliphatic heterocycles. The van der Waals surface area contributed by atoms with Gasteiger partial charge in [-0.3, -0.25) is 4.79 Å². The number of methoxy groups -OCH3 is 1. The number of carbonyl (C=O) groups excluding carboxylic acids is 2. The number of rotatable bonds is 7. The van der Waals surface area contributed by atoms with Gasteiger partial charge in [0.05, 0.1) is 36.9 Å². The zero-order valence-corrected chi connectivity index (χ0v) is 21.6. The van der Waals surface area contributed by atoms with Crippen LogP contribution in [0, 0.1) is 13.8 Å². The number of carbonyl (C=O) groups is 2. The van der Waals surface area contributed by atoms with Gasteiger partial charge in [-0.15, -0.1) is 0 Å². The third-order valence-electron chi connectivity index (χ3n) is 6.37. The van der Waals surface area contributed by atoms with Crippen LogP contribution >= 0.6 is 11.8 Å². The molecule has 0 radical (unpaired) electrons. The normalized spacial score (nSPS) is 18.0. The number of nitrogens with one attached hydrogen (secondary N) is 1. The highest BCUT2D eigenvalue weighted by Gasteiger charge is 2.42. The third kappa shape index (κ3) is 5.05. The monoisotopic (exact) mass is 489 g/mol. The molecule has 0 unspecified atom stereocenters. The molecular weight excluding hydrogens is 458 g/mol. The van der Waals surface area contributed by atoms with E-state index in [1.165, 1.54) is 18.9 Å². The molecular formula is C28H31N3O3S. The van der Waals surface area contributed by atoms with Crippen molar-refractivity contribution in [3.05, 3.63) is 93.2 Å². The second kappa shape index (κ2) is 10.5. The SMILES string of the molecule is CCC1=C(C(=O)OC)[C@@H](c2ccc(C)cc2C)N2C(CC(=O)N[C@@H](C)c3ccccc3)=CSC2=N1. The van der Waals surface area contributed by atoms with E-state index in [0.29, 0.717) is 12.0 Å². The van der Waals surface area contributed by atoms with E-state index < -0.39 is 12.0 Å². The zero-order valence-electron chi connectivity index (χ0n) is 20.8. The van der Waals surface area contributed by atoms with Crippen molar-refractivity contribution < 1.29 is 14.3 Å². The summed E-state index contributed by atoms with van der Waals surface area (Å²) >= 11 is 1.49. The van der Waals surface area contributed by atoms with Crippen LogP contribution < -0.4 is 5.32 Å². The standard InChI is InChI=1S/C28H31N3O3S/c1-6-23-25(27(33)34-5)26(22-13-12-17(2)14-18(22)3)31-21(16-35-28(31)30-23)15-24(32)29-19(4)20-10-8-7-9-11-20/h7-14,16,19,26H,6,15H2,1-5H3,(H,29,32)/t19-,26+/m0/s1. The van der Waals surface area contributed by atoms with Gasteiger partial charge in [0.1, 0.15) is 0 Å². The summed E-state index contributed by atoms with van der Waals surface area (Å²) in [5.74, 6) is -0.480. The minimum atomic E-state index is -0.411. The molecule has 2 aromatic rings. The predicted molar refractivity (Wildman–Crippen MR) is 141 cm³/mol. The van der Waals surface area contributed by atoms with Gasteiger partial charge >= 0.3 is 5.97 Å². The number of benzene rings is 2. The first-order chi connectivity index (χ1) is 16.8. The first-order valence-corrected chi connectivity index (χ1v) is 12.7. The molecule has 2 aliphatic rings. The van der Waals surface area contributed by atoms with E-state index in [9.17, 15) is 9.59 Å². The Bertz CT molecular complexity index is 1230. The molecule has 2 atom stereocenters. The number of aryl methyl sites for hydroxylation is 2. The number of allylic oxidation sites excluding steroid dienone is 1. The number of amidine groups is 1. The van der Waals surface area contributed by atoms with Crippen LogP contribution in [-0.4, -0.2) is 29.1 Å². The highest BCUT2D eigenvalue weighted by atomic mass is 32.2. The molecule has 0 saturated heterocycles. The molecule has 6 nitrogen and oxygen atoms in total. The molecule has 7 heteroatoms. The maximum absolute atomic E-state index is 13.1. The van der Waals surface area contributed by atoms with E-state index in [-0.39, 0.29) is 18.4 Å². The van der Waals surface area contributed by atoms with Gasteiger partial charge in [-0.25, -0.2) is 9.79 Å². The molecule has 182 valence electrons. The summed E-state index contributed by atoms with van der Waals surface area (Å²) in [7, 11) is 1.40. The Labute approximate surface area is 211 Å². The minimum absolute atomic E-state index is 0.0845. The Hall–Kier alpha value is -3.32. The number of nitrogens with zero attached hydrogens (tertiary/aromatic N) is 2. The lowest BCUT2D eigenvalue weighted by molar-refractivity contribution is -0.136. The molecule has 1 N–H and O–H groups in total. The van der Waals surface area contributed by atoms with Gasteiger partial charge in [-0.05, 0) is 49.3 Å². The number of amides is 1. The summed E-state index contributed by atoms with van der Waals surface area (Å²) in [6.45, 7) is 8.07. The fourth-order valence-corrected chi connectivity index (χ4v) is 5.56. The number of esters is 1. The minimum Gasteiger partial charge on any atom is -0.466 e. The molecule has 35 heavy (non-hydrogen) atoms. The molecule has 1 amide bonds. The van der Waals surface area contributed by atoms with E-state index in [2.05, 4.69) is 30.4 Å². The van der Waals surface area contributed by atoms with Crippen LogP contribution in [0.3, 0.4) is 0 Å². The quantitative estimate of drug-likeness (QED) is 0.505. The Morgan fingerprint density at radius 1 is 1.17 bits per heavy atom. The van der Waals surface area contributed by atoms with E-state index in [0.717, 1.165) is 38.8 Å². The van der Waals surface area contributed by atoms with Crippen molar-refractivity contribution in [1.82, 2.24) is 10.2 Å². The lowest BCUT2D eigenvalue weighted by Gasteiger charge is -2.37. The fourth-order valence-electron chi connectivity index (χ4n) is 4.62. The van der Waals surface area contributed by atoms with Gasteiger partial charge in [0.2, 0.25) is 5.91 Å². The van der Waals surface area contributed by atoms with Crippen LogP contribution in [0.15, 0.2) is 75.9 Å². The molecule has 0 spiro atoms. The Morgan fingerprint density at radius 3 is 2.57 bits per heavy atom. The first-order valence-electron chi connectivity index (χ1n) is 11.8. The van der Waals surface area contributed by atoms with Crippen LogP contribution in [0.25, 0.3) is 0 Å². The highest BCUT2D eigenvalue weighted by molar-refractivity contribution is 8.16. The van der Waals surface area contributed by atoms with Crippen LogP contribution in [0.5, 0.6) is 0 Å². The molecule has 0 aliphatic carbocycles. The average molecular weight is 490 g/mol. The summed E-state index contributed by atoms with van der Waals surface area (Å²) in [6, 6.07) is 15.6. The summed E-state index contributed by atoms with van der Waals surface area (Å²) in [4.78, 5) is 32.9. The second-order valence-corrected chi connectivity index (χ2v) is 9.67. The van der Waals surface area contributed by atoms with Crippen molar-refractivity contribution >= 4 is 28.8 Å². The van der Waals surface area contributed by atoms with Crippen molar-refractivity contribution in [3.8, 4) is 0 Å². The lowest BCUT2D eigenvalue weighted by atomic mass is 9.89. The van der Waals surface area contributed by atoms with E-state index in [4.69, 9.17) is 9.73 Å². The molecule has 0 saturated carbocycles. The number of aliphatic imine (C=N–C) groups is 1. The number of hydrogen-bond acceptors (Lipinski definition) is 6. The fraction of sp³-hybridized carbons (Fsp3) is 0.321. The Morgan fingerprint density at radius 2 is 1.91 bits per heavy atom. The topological polar surface area (TPSA) is 71.0 Å². The molecule has 0 bridgehead atoms. The number of ether oxygens (including phenoxy) is 1. The largest absolute Gasteiger partial charge is 0.466 e. The van der Waals surface area contributed by atoms with Gasteiger partial charge in [0.25, 0.3) is 0 Å². The van der Waals surface area contributed by atoms with E-state index >= 15 is 0 Å². The number of fused-ring (bicyclic) bond motifs is 1. The molecule has 0 fully saturated rings. The summed E-state index contributed by atoms with van der Waals surface area (Å²) in [5.41, 5.74) is 6.33. The summed E-state index contributed by atoms with van der Waals surface area (Å²) in [5, 5.41) is 5.84. The van der Waals surface area contributed by atoms with Crippen LogP contribution in [-0.2, 0) is 14.3 Å². The van der Waals surface area contributed by atoms with Gasteiger partial charge < -0.3 is 15.0 Å². The molecule has 2 heterocycles. The highest BCUT2D eigenvalue weighted by Crippen LogP contribution is 2.46. The smallest absolute Gasteiger partial charge is 0.338 e. The summed E-state index contributed by atoms with van der Waals surface area (Å²) < 4.78 is 5.21. The first kappa shape index (κ1) is 24.8. The number of hydrogen-bond donors (Lipinski definition) is 1. The third-order valence-corrected chi connectivity index (χ3v) is 7.26. The van der Waals surface area contributed by atoms with Crippen molar-refractivity contribution in [3.63, 3.8) is 0 Å². The second-order valence-electron chi connectivity index (χ2n) is 8.84. The van der Waals surface area contributed by atoms with E-state index in [1.54, 1.807) is 0 Å². The van der Waals surface area contributed by atoms with Crippen molar-refractivity contribution in [2.24, 2.45) is 4.99 Å². The zero-order chi connectivity index (χ0) is 25.1. The van der Waals surface area contributed by atoms with Crippen LogP contribution in [0.1, 0.15) is 61.0 Å². The van der Waals surface area contributed by atoms with Gasteiger partial charge in [-0.2, -0.15) is 0 Å². The van der Waals surface area contributed by atoms with Crippen molar-refractivity contribution in [2.45, 2.75) is 52.6 Å². The summed E-state index contributed by atoms with van der Waals surface area (Å²) in [6.07, 6.45) is 0.786. The van der Waals surface area contributed by atoms with Crippen LogP contribution in [0.4, 0.5) is 0 Å². The van der Waals surface area contributed by atoms with Gasteiger partial charge in [0.15, 0.2) is 5.17 Å². The Balaban J connectivity index is 1.68. The van der Waals surface area contributed by atoms with Crippen molar-refractivity contribution in [1.29, 1.82) is 0 Å². The molecule has 4 rings (SSSR count). The number of thioether (sulfide) groups is 1. The maximum Gasteiger partial charge on any atom is 0.338 e. The molecule has 2 aromatic carbocycles. The van der Waals surface area contributed by atoms with Gasteiger partial charge in [0, 0.05) is 5.70 Å². The molecule has 0 aromatic heterocycles. The van der Waals surface area contributed by atoms with E-state index in [1.807, 2.05) is 61.4 Å².